The molecule has 3 aromatic rings. The van der Waals surface area contributed by atoms with Gasteiger partial charge < -0.3 is 10.4 Å². The highest BCUT2D eigenvalue weighted by Gasteiger charge is 2.20. The van der Waals surface area contributed by atoms with Crippen LogP contribution in [0.3, 0.4) is 0 Å². The van der Waals surface area contributed by atoms with Crippen molar-refractivity contribution in [2.75, 3.05) is 5.32 Å². The summed E-state index contributed by atoms with van der Waals surface area (Å²) in [7, 11) is 0. The Morgan fingerprint density at radius 2 is 2.17 bits per heavy atom. The molecule has 24 heavy (non-hydrogen) atoms. The first-order valence-corrected chi connectivity index (χ1v) is 8.54. The molecule has 0 aliphatic heterocycles. The number of pyridine rings is 1. The first kappa shape index (κ1) is 16.8. The van der Waals surface area contributed by atoms with Crippen molar-refractivity contribution in [2.24, 2.45) is 0 Å². The summed E-state index contributed by atoms with van der Waals surface area (Å²) < 4.78 is 2.61. The van der Waals surface area contributed by atoms with Crippen molar-refractivity contribution in [1.29, 1.82) is 0 Å². The summed E-state index contributed by atoms with van der Waals surface area (Å²) in [6.07, 6.45) is 2.42. The molecule has 2 aromatic heterocycles. The minimum Gasteiger partial charge on any atom is -0.506 e. The van der Waals surface area contributed by atoms with Crippen LogP contribution in [0.2, 0.25) is 5.02 Å². The highest BCUT2D eigenvalue weighted by atomic mass is 79.9. The second-order valence-electron chi connectivity index (χ2n) is 5.41. The molecule has 0 saturated carbocycles. The zero-order valence-corrected chi connectivity index (χ0v) is 15.4. The molecule has 0 bridgehead atoms. The van der Waals surface area contributed by atoms with Crippen LogP contribution in [0.25, 0.3) is 5.65 Å². The SMILES string of the molecule is CCc1nc2c(C)cc(Br)cn2c1C(=O)Nc1cc(Cl)ccc1O. The maximum atomic E-state index is 12.8. The number of fused-ring (bicyclic) bond motifs is 1. The van der Waals surface area contributed by atoms with Crippen LogP contribution >= 0.6 is 27.5 Å². The maximum Gasteiger partial charge on any atom is 0.274 e. The number of nitrogens with one attached hydrogen (secondary N) is 1. The van der Waals surface area contributed by atoms with Gasteiger partial charge in [-0.2, -0.15) is 0 Å². The van der Waals surface area contributed by atoms with Crippen molar-refractivity contribution in [3.63, 3.8) is 0 Å². The third-order valence-electron chi connectivity index (χ3n) is 3.70. The largest absolute Gasteiger partial charge is 0.506 e. The van der Waals surface area contributed by atoms with Crippen LogP contribution in [-0.4, -0.2) is 20.4 Å². The van der Waals surface area contributed by atoms with Crippen molar-refractivity contribution in [3.8, 4) is 5.75 Å². The number of phenols is 1. The van der Waals surface area contributed by atoms with Crippen molar-refractivity contribution in [2.45, 2.75) is 20.3 Å². The van der Waals surface area contributed by atoms with Gasteiger partial charge in [-0.25, -0.2) is 4.98 Å². The number of carbonyl (C=O) groups excluding carboxylic acids is 1. The molecule has 0 aliphatic rings. The molecule has 3 rings (SSSR count). The van der Waals surface area contributed by atoms with Crippen LogP contribution in [0.1, 0.15) is 28.7 Å². The van der Waals surface area contributed by atoms with Gasteiger partial charge in [-0.05, 0) is 59.1 Å². The molecule has 0 aliphatic carbocycles. The van der Waals surface area contributed by atoms with E-state index in [1.165, 1.54) is 12.1 Å². The minimum absolute atomic E-state index is 0.0445. The molecule has 2 N–H and O–H groups in total. The van der Waals surface area contributed by atoms with Crippen LogP contribution in [-0.2, 0) is 6.42 Å². The fourth-order valence-corrected chi connectivity index (χ4v) is 3.31. The molecule has 0 atom stereocenters. The fourth-order valence-electron chi connectivity index (χ4n) is 2.59. The van der Waals surface area contributed by atoms with Crippen molar-refractivity contribution < 1.29 is 9.90 Å². The summed E-state index contributed by atoms with van der Waals surface area (Å²) in [4.78, 5) is 17.4. The number of hydrogen-bond donors (Lipinski definition) is 2. The second-order valence-corrected chi connectivity index (χ2v) is 6.76. The number of hydrogen-bond acceptors (Lipinski definition) is 3. The van der Waals surface area contributed by atoms with Crippen LogP contribution < -0.4 is 5.32 Å². The monoisotopic (exact) mass is 407 g/mol. The lowest BCUT2D eigenvalue weighted by Gasteiger charge is -2.09. The maximum absolute atomic E-state index is 12.8. The molecular weight excluding hydrogens is 394 g/mol. The third-order valence-corrected chi connectivity index (χ3v) is 4.37. The normalized spacial score (nSPS) is 11.0. The molecule has 0 spiro atoms. The van der Waals surface area contributed by atoms with Gasteiger partial charge in [0, 0.05) is 15.7 Å². The molecule has 124 valence electrons. The number of rotatable bonds is 3. The highest BCUT2D eigenvalue weighted by molar-refractivity contribution is 9.10. The van der Waals surface area contributed by atoms with Gasteiger partial charge in [0.05, 0.1) is 11.4 Å². The molecule has 0 radical (unpaired) electrons. The molecular formula is C17H15BrClN3O2. The Morgan fingerprint density at radius 3 is 2.88 bits per heavy atom. The number of anilines is 1. The van der Waals surface area contributed by atoms with E-state index in [0.717, 1.165) is 15.7 Å². The van der Waals surface area contributed by atoms with Crippen LogP contribution in [0.5, 0.6) is 5.75 Å². The lowest BCUT2D eigenvalue weighted by molar-refractivity contribution is 0.102. The molecule has 0 fully saturated rings. The fraction of sp³-hybridized carbons (Fsp3) is 0.176. The van der Waals surface area contributed by atoms with E-state index in [-0.39, 0.29) is 17.3 Å². The number of amides is 1. The molecule has 0 unspecified atom stereocenters. The number of nitrogens with zero attached hydrogens (tertiary/aromatic N) is 2. The van der Waals surface area contributed by atoms with E-state index < -0.39 is 0 Å². The lowest BCUT2D eigenvalue weighted by atomic mass is 10.2. The zero-order chi connectivity index (χ0) is 17.4. The Labute approximate surface area is 152 Å². The van der Waals surface area contributed by atoms with E-state index in [1.54, 1.807) is 16.7 Å². The van der Waals surface area contributed by atoms with E-state index in [0.29, 0.717) is 22.8 Å². The van der Waals surface area contributed by atoms with E-state index >= 15 is 0 Å². The van der Waals surface area contributed by atoms with Gasteiger partial charge in [0.25, 0.3) is 5.91 Å². The van der Waals surface area contributed by atoms with Crippen molar-refractivity contribution in [1.82, 2.24) is 9.38 Å². The van der Waals surface area contributed by atoms with Gasteiger partial charge in [-0.15, -0.1) is 0 Å². The molecule has 0 saturated heterocycles. The smallest absolute Gasteiger partial charge is 0.274 e. The number of aromatic hydroxyl groups is 1. The second kappa shape index (κ2) is 6.45. The first-order chi connectivity index (χ1) is 11.4. The number of phenolic OH excluding ortho intramolecular Hbond substituents is 1. The Hall–Kier alpha value is -2.05. The number of imidazole rings is 1. The third kappa shape index (κ3) is 2.99. The Kier molecular flexibility index (Phi) is 4.51. The van der Waals surface area contributed by atoms with Gasteiger partial charge >= 0.3 is 0 Å². The van der Waals surface area contributed by atoms with E-state index in [9.17, 15) is 9.90 Å². The number of aryl methyl sites for hydroxylation is 2. The van der Waals surface area contributed by atoms with Crippen LogP contribution in [0.15, 0.2) is 34.9 Å². The Bertz CT molecular complexity index is 953. The number of aromatic nitrogens is 2. The van der Waals surface area contributed by atoms with Crippen LogP contribution in [0, 0.1) is 6.92 Å². The number of carbonyl (C=O) groups is 1. The average Bonchev–Trinajstić information content (AvgIpc) is 2.89. The summed E-state index contributed by atoms with van der Waals surface area (Å²) in [6, 6.07) is 6.45. The van der Waals surface area contributed by atoms with E-state index in [2.05, 4.69) is 26.2 Å². The molecule has 7 heteroatoms. The van der Waals surface area contributed by atoms with Gasteiger partial charge in [0.2, 0.25) is 0 Å². The predicted molar refractivity (Wildman–Crippen MR) is 98.1 cm³/mol. The lowest BCUT2D eigenvalue weighted by Crippen LogP contribution is -2.16. The van der Waals surface area contributed by atoms with E-state index in [4.69, 9.17) is 11.6 Å². The number of halogens is 2. The average molecular weight is 409 g/mol. The van der Waals surface area contributed by atoms with Gasteiger partial charge in [-0.1, -0.05) is 18.5 Å². The minimum atomic E-state index is -0.352. The standard InChI is InChI=1S/C17H15BrClN3O2/c1-3-12-15(22-8-10(18)6-9(2)16(22)20-12)17(24)21-13-7-11(19)4-5-14(13)23/h4-8,23H,3H2,1-2H3,(H,21,24). The van der Waals surface area contributed by atoms with Gasteiger partial charge in [0.15, 0.2) is 0 Å². The topological polar surface area (TPSA) is 66.6 Å². The molecule has 1 aromatic carbocycles. The summed E-state index contributed by atoms with van der Waals surface area (Å²) in [5.74, 6) is -0.397. The van der Waals surface area contributed by atoms with Crippen LogP contribution in [0.4, 0.5) is 5.69 Å². The Balaban J connectivity index is 2.11. The summed E-state index contributed by atoms with van der Waals surface area (Å²) in [6.45, 7) is 3.89. The van der Waals surface area contributed by atoms with Gasteiger partial charge in [-0.3, -0.25) is 9.20 Å². The predicted octanol–water partition coefficient (Wildman–Crippen LogP) is 4.58. The molecule has 5 nitrogen and oxygen atoms in total. The summed E-state index contributed by atoms with van der Waals surface area (Å²) >= 11 is 9.38. The summed E-state index contributed by atoms with van der Waals surface area (Å²) in [5, 5.41) is 13.0. The number of benzene rings is 1. The Morgan fingerprint density at radius 1 is 1.42 bits per heavy atom. The molecule has 1 amide bonds. The molecule has 2 heterocycles. The highest BCUT2D eigenvalue weighted by Crippen LogP contribution is 2.28. The first-order valence-electron chi connectivity index (χ1n) is 7.37. The zero-order valence-electron chi connectivity index (χ0n) is 13.1. The summed E-state index contributed by atoms with van der Waals surface area (Å²) in [5.41, 5.74) is 3.09. The van der Waals surface area contributed by atoms with Crippen molar-refractivity contribution in [3.05, 3.63) is 56.9 Å². The van der Waals surface area contributed by atoms with Gasteiger partial charge in [0.1, 0.15) is 17.1 Å². The quantitative estimate of drug-likeness (QED) is 0.623. The van der Waals surface area contributed by atoms with E-state index in [1.807, 2.05) is 19.9 Å². The van der Waals surface area contributed by atoms with Crippen molar-refractivity contribution >= 4 is 44.8 Å².